The summed E-state index contributed by atoms with van der Waals surface area (Å²) in [5.74, 6) is -0.0276. The Morgan fingerprint density at radius 3 is 3.05 bits per heavy atom. The molecule has 1 atom stereocenters. The van der Waals surface area contributed by atoms with Gasteiger partial charge in [0.25, 0.3) is 0 Å². The number of aryl methyl sites for hydroxylation is 1. The molecule has 21 heavy (non-hydrogen) atoms. The number of hydrogen-bond acceptors (Lipinski definition) is 3. The van der Waals surface area contributed by atoms with Gasteiger partial charge in [-0.05, 0) is 47.9 Å². The normalized spacial score (nSPS) is 17.3. The smallest absolute Gasteiger partial charge is 0.221 e. The largest absolute Gasteiger partial charge is 0.326 e. The Morgan fingerprint density at radius 1 is 1.33 bits per heavy atom. The molecule has 0 radical (unpaired) electrons. The maximum absolute atomic E-state index is 11.3. The van der Waals surface area contributed by atoms with E-state index in [1.807, 2.05) is 29.5 Å². The van der Waals surface area contributed by atoms with Crippen LogP contribution >= 0.6 is 11.3 Å². The average Bonchev–Trinajstić information content (AvgIpc) is 2.95. The number of anilines is 1. The van der Waals surface area contributed by atoms with Gasteiger partial charge in [-0.15, -0.1) is 11.3 Å². The summed E-state index contributed by atoms with van der Waals surface area (Å²) in [7, 11) is 0. The van der Waals surface area contributed by atoms with E-state index >= 15 is 0 Å². The van der Waals surface area contributed by atoms with Crippen molar-refractivity contribution in [2.45, 2.75) is 38.8 Å². The van der Waals surface area contributed by atoms with E-state index in [-0.39, 0.29) is 5.91 Å². The highest BCUT2D eigenvalue weighted by atomic mass is 32.1. The van der Waals surface area contributed by atoms with E-state index in [1.54, 1.807) is 6.92 Å². The van der Waals surface area contributed by atoms with Crippen molar-refractivity contribution < 1.29 is 4.79 Å². The van der Waals surface area contributed by atoms with E-state index in [0.717, 1.165) is 17.8 Å². The summed E-state index contributed by atoms with van der Waals surface area (Å²) < 4.78 is 0. The van der Waals surface area contributed by atoms with Crippen molar-refractivity contribution in [2.24, 2.45) is 0 Å². The second-order valence-electron chi connectivity index (χ2n) is 5.46. The summed E-state index contributed by atoms with van der Waals surface area (Å²) in [6, 6.07) is 10.7. The van der Waals surface area contributed by atoms with Gasteiger partial charge in [-0.3, -0.25) is 4.79 Å². The molecule has 2 aromatic rings. The van der Waals surface area contributed by atoms with E-state index in [9.17, 15) is 4.79 Å². The van der Waals surface area contributed by atoms with E-state index < -0.39 is 0 Å². The van der Waals surface area contributed by atoms with Crippen molar-refractivity contribution >= 4 is 22.9 Å². The van der Waals surface area contributed by atoms with E-state index in [1.165, 1.54) is 29.7 Å². The first kappa shape index (κ1) is 14.3. The molecule has 110 valence electrons. The third-order valence-corrected chi connectivity index (χ3v) is 4.92. The van der Waals surface area contributed by atoms with Crippen molar-refractivity contribution in [1.82, 2.24) is 5.32 Å². The monoisotopic (exact) mass is 300 g/mol. The zero-order chi connectivity index (χ0) is 14.7. The van der Waals surface area contributed by atoms with Gasteiger partial charge in [0.05, 0.1) is 0 Å². The number of rotatable bonds is 4. The highest BCUT2D eigenvalue weighted by molar-refractivity contribution is 7.10. The van der Waals surface area contributed by atoms with Crippen LogP contribution in [0.5, 0.6) is 0 Å². The van der Waals surface area contributed by atoms with Gasteiger partial charge < -0.3 is 10.6 Å². The van der Waals surface area contributed by atoms with Crippen molar-refractivity contribution in [3.8, 4) is 0 Å². The SMILES string of the molecule is CC(=O)Nc1ccccc1CNC1CCCc2sccc21. The van der Waals surface area contributed by atoms with Gasteiger partial charge in [0.15, 0.2) is 0 Å². The van der Waals surface area contributed by atoms with Crippen LogP contribution in [-0.4, -0.2) is 5.91 Å². The summed E-state index contributed by atoms with van der Waals surface area (Å²) in [4.78, 5) is 12.8. The molecule has 0 spiro atoms. The van der Waals surface area contributed by atoms with Crippen LogP contribution in [0.2, 0.25) is 0 Å². The summed E-state index contributed by atoms with van der Waals surface area (Å²) in [6.07, 6.45) is 3.65. The summed E-state index contributed by atoms with van der Waals surface area (Å²) in [6.45, 7) is 2.32. The molecule has 0 aliphatic heterocycles. The van der Waals surface area contributed by atoms with Gasteiger partial charge in [-0.2, -0.15) is 0 Å². The molecular formula is C17H20N2OS. The minimum Gasteiger partial charge on any atom is -0.326 e. The van der Waals surface area contributed by atoms with Crippen molar-refractivity contribution in [1.29, 1.82) is 0 Å². The van der Waals surface area contributed by atoms with E-state index in [0.29, 0.717) is 6.04 Å². The maximum atomic E-state index is 11.3. The zero-order valence-electron chi connectivity index (χ0n) is 12.2. The minimum atomic E-state index is -0.0276. The van der Waals surface area contributed by atoms with Gasteiger partial charge in [-0.25, -0.2) is 0 Å². The number of carbonyl (C=O) groups excluding carboxylic acids is 1. The fourth-order valence-corrected chi connectivity index (χ4v) is 3.91. The molecule has 1 aromatic carbocycles. The van der Waals surface area contributed by atoms with E-state index in [4.69, 9.17) is 0 Å². The fraction of sp³-hybridized carbons (Fsp3) is 0.353. The lowest BCUT2D eigenvalue weighted by molar-refractivity contribution is -0.114. The number of para-hydroxylation sites is 1. The maximum Gasteiger partial charge on any atom is 0.221 e. The first-order valence-electron chi connectivity index (χ1n) is 7.39. The standard InChI is InChI=1S/C17H20N2OS/c1-12(20)19-15-6-3-2-5-13(15)11-18-16-7-4-8-17-14(16)9-10-21-17/h2-3,5-6,9-10,16,18H,4,7-8,11H2,1H3,(H,19,20). The Balaban J connectivity index is 1.70. The quantitative estimate of drug-likeness (QED) is 0.900. The number of thiophene rings is 1. The summed E-state index contributed by atoms with van der Waals surface area (Å²) >= 11 is 1.87. The Morgan fingerprint density at radius 2 is 2.19 bits per heavy atom. The lowest BCUT2D eigenvalue weighted by Crippen LogP contribution is -2.24. The predicted molar refractivity (Wildman–Crippen MR) is 87.6 cm³/mol. The van der Waals surface area contributed by atoms with Crippen molar-refractivity contribution in [3.63, 3.8) is 0 Å². The average molecular weight is 300 g/mol. The molecule has 0 bridgehead atoms. The molecule has 2 N–H and O–H groups in total. The molecule has 0 saturated carbocycles. The van der Waals surface area contributed by atoms with Gasteiger partial charge in [-0.1, -0.05) is 18.2 Å². The van der Waals surface area contributed by atoms with Crippen molar-refractivity contribution in [3.05, 3.63) is 51.7 Å². The van der Waals surface area contributed by atoms with Gasteiger partial charge in [0.2, 0.25) is 5.91 Å². The van der Waals surface area contributed by atoms with Crippen LogP contribution in [0.25, 0.3) is 0 Å². The minimum absolute atomic E-state index is 0.0276. The lowest BCUT2D eigenvalue weighted by Gasteiger charge is -2.24. The van der Waals surface area contributed by atoms with Gasteiger partial charge in [0.1, 0.15) is 0 Å². The fourth-order valence-electron chi connectivity index (χ4n) is 2.92. The topological polar surface area (TPSA) is 41.1 Å². The molecule has 1 aromatic heterocycles. The molecule has 4 heteroatoms. The molecule has 3 nitrogen and oxygen atoms in total. The third kappa shape index (κ3) is 3.34. The molecule has 0 fully saturated rings. The van der Waals surface area contributed by atoms with Crippen molar-refractivity contribution in [2.75, 3.05) is 5.32 Å². The second-order valence-corrected chi connectivity index (χ2v) is 6.46. The Hall–Kier alpha value is -1.65. The Kier molecular flexibility index (Phi) is 4.36. The molecule has 1 aliphatic carbocycles. The summed E-state index contributed by atoms with van der Waals surface area (Å²) in [5, 5.41) is 8.74. The van der Waals surface area contributed by atoms with Crippen LogP contribution < -0.4 is 10.6 Å². The van der Waals surface area contributed by atoms with Crippen LogP contribution in [-0.2, 0) is 17.8 Å². The van der Waals surface area contributed by atoms with Crippen LogP contribution in [0.1, 0.15) is 41.8 Å². The Labute approximate surface area is 129 Å². The number of hydrogen-bond donors (Lipinski definition) is 2. The van der Waals surface area contributed by atoms with Gasteiger partial charge >= 0.3 is 0 Å². The first-order valence-corrected chi connectivity index (χ1v) is 8.27. The lowest BCUT2D eigenvalue weighted by atomic mass is 9.94. The van der Waals surface area contributed by atoms with Crippen LogP contribution in [0.15, 0.2) is 35.7 Å². The number of benzene rings is 1. The Bertz CT molecular complexity index is 635. The molecule has 1 heterocycles. The number of nitrogens with one attached hydrogen (secondary N) is 2. The number of carbonyl (C=O) groups is 1. The predicted octanol–water partition coefficient (Wildman–Crippen LogP) is 3.87. The van der Waals surface area contributed by atoms with E-state index in [2.05, 4.69) is 28.1 Å². The highest BCUT2D eigenvalue weighted by Gasteiger charge is 2.20. The number of amides is 1. The summed E-state index contributed by atoms with van der Waals surface area (Å²) in [5.41, 5.74) is 3.50. The molecule has 1 unspecified atom stereocenters. The molecule has 1 aliphatic rings. The molecule has 3 rings (SSSR count). The van der Waals surface area contributed by atoms with Gasteiger partial charge in [0, 0.05) is 30.1 Å². The first-order chi connectivity index (χ1) is 10.2. The van der Waals surface area contributed by atoms with Crippen LogP contribution in [0.3, 0.4) is 0 Å². The molecule has 0 saturated heterocycles. The second kappa shape index (κ2) is 6.41. The van der Waals surface area contributed by atoms with Crippen LogP contribution in [0.4, 0.5) is 5.69 Å². The highest BCUT2D eigenvalue weighted by Crippen LogP contribution is 2.33. The number of fused-ring (bicyclic) bond motifs is 1. The molecular weight excluding hydrogens is 280 g/mol. The molecule has 1 amide bonds. The third-order valence-electron chi connectivity index (χ3n) is 3.92. The zero-order valence-corrected chi connectivity index (χ0v) is 13.0. The van der Waals surface area contributed by atoms with Crippen LogP contribution in [0, 0.1) is 0 Å².